The molecule has 0 unspecified atom stereocenters. The molecule has 11 heteroatoms. The largest absolute Gasteiger partial charge is 0.459 e. The van der Waals surface area contributed by atoms with E-state index in [9.17, 15) is 18.0 Å². The zero-order valence-corrected chi connectivity index (χ0v) is 23.9. The number of benzene rings is 2. The third-order valence-corrected chi connectivity index (χ3v) is 7.22. The van der Waals surface area contributed by atoms with Crippen LogP contribution in [0.15, 0.2) is 47.4 Å². The summed E-state index contributed by atoms with van der Waals surface area (Å²) in [5, 5.41) is 6.09. The first kappa shape index (κ1) is 31.2. The van der Waals surface area contributed by atoms with E-state index in [0.29, 0.717) is 5.57 Å². The van der Waals surface area contributed by atoms with Crippen molar-refractivity contribution in [2.24, 2.45) is 0 Å². The second-order valence-electron chi connectivity index (χ2n) is 9.39. The summed E-state index contributed by atoms with van der Waals surface area (Å²) in [5.41, 5.74) is 2.43. The Morgan fingerprint density at radius 2 is 1.86 bits per heavy atom. The first-order chi connectivity index (χ1) is 16.9. The number of hydrogen-bond acceptors (Lipinski definition) is 7. The van der Waals surface area contributed by atoms with E-state index in [1.807, 2.05) is 18.2 Å². The Kier molecular flexibility index (Phi) is 11.1. The molecule has 1 radical (unpaired) electrons. The van der Waals surface area contributed by atoms with Gasteiger partial charge in [-0.25, -0.2) is 15.0 Å². The van der Waals surface area contributed by atoms with Crippen molar-refractivity contribution in [2.45, 2.75) is 31.3 Å². The summed E-state index contributed by atoms with van der Waals surface area (Å²) in [5.74, 6) is -0.777. The summed E-state index contributed by atoms with van der Waals surface area (Å²) in [6, 6.07) is 14.6. The first-order valence-corrected chi connectivity index (χ1v) is 13.0. The van der Waals surface area contributed by atoms with Gasteiger partial charge in [-0.15, -0.1) is 5.57 Å². The van der Waals surface area contributed by atoms with E-state index in [4.69, 9.17) is 11.3 Å². The Hall–Kier alpha value is -1.98. The molecule has 9 nitrogen and oxygen atoms in total. The molecule has 2 heterocycles. The number of hydrogen-bond donors (Lipinski definition) is 2. The fraction of sp³-hybridized carbons (Fsp3) is 0.385. The number of piperazine rings is 1. The molecule has 0 aliphatic carbocycles. The van der Waals surface area contributed by atoms with Crippen molar-refractivity contribution in [2.75, 3.05) is 50.0 Å². The number of anilines is 2. The molecular formula is C26H32N4O5STm-2. The summed E-state index contributed by atoms with van der Waals surface area (Å²) < 4.78 is 30.3. The SMILES string of the molecule is CN(CC(=O)OC(C)(C)C)S(=O)(=O)c1c[c-]ccc1.[CH-]=C1C(=O)Nc2cccc(N3CCNCC3)c21.[Tm]. The number of rotatable bonds is 5. The molecule has 37 heavy (non-hydrogen) atoms. The molecule has 4 rings (SSSR count). The van der Waals surface area contributed by atoms with Gasteiger partial charge in [0.15, 0.2) is 10.0 Å². The number of likely N-dealkylation sites (N-methyl/N-ethyl adjacent to an activating group) is 1. The maximum atomic E-state index is 12.1. The van der Waals surface area contributed by atoms with Crippen LogP contribution in [-0.4, -0.2) is 70.0 Å². The Balaban J connectivity index is 0.000000254. The molecule has 2 aliphatic rings. The van der Waals surface area contributed by atoms with Crippen LogP contribution < -0.4 is 15.5 Å². The smallest absolute Gasteiger partial charge is 0.321 e. The average molecular weight is 682 g/mol. The number of fused-ring (bicyclic) bond motifs is 1. The van der Waals surface area contributed by atoms with Crippen LogP contribution in [-0.2, 0) is 24.3 Å². The number of ether oxygens (including phenoxy) is 1. The van der Waals surface area contributed by atoms with Gasteiger partial charge in [0.25, 0.3) is 0 Å². The first-order valence-electron chi connectivity index (χ1n) is 11.6. The summed E-state index contributed by atoms with van der Waals surface area (Å²) in [7, 11) is -2.35. The number of carbonyl (C=O) groups is 2. The van der Waals surface area contributed by atoms with E-state index in [1.54, 1.807) is 32.9 Å². The van der Waals surface area contributed by atoms with E-state index in [0.717, 1.165) is 47.4 Å². The van der Waals surface area contributed by atoms with Gasteiger partial charge in [-0.1, -0.05) is 23.8 Å². The molecule has 0 spiro atoms. The van der Waals surface area contributed by atoms with Crippen molar-refractivity contribution in [3.05, 3.63) is 60.7 Å². The Labute approximate surface area is 248 Å². The summed E-state index contributed by atoms with van der Waals surface area (Å²) in [4.78, 5) is 25.5. The molecule has 2 aliphatic heterocycles. The molecule has 0 aromatic heterocycles. The van der Waals surface area contributed by atoms with Crippen LogP contribution in [0.2, 0.25) is 0 Å². The van der Waals surface area contributed by atoms with E-state index in [2.05, 4.69) is 21.6 Å². The Bertz CT molecular complexity index is 1220. The Morgan fingerprint density at radius 1 is 1.19 bits per heavy atom. The van der Waals surface area contributed by atoms with Crippen LogP contribution in [0.1, 0.15) is 26.3 Å². The predicted molar refractivity (Wildman–Crippen MR) is 139 cm³/mol. The summed E-state index contributed by atoms with van der Waals surface area (Å²) in [6.07, 6.45) is 0. The van der Waals surface area contributed by atoms with Crippen molar-refractivity contribution < 1.29 is 59.6 Å². The molecule has 0 saturated carbocycles. The standard InChI is InChI=1S/C13H14N3O.C13H18NO4S.Tm/c1-9-12-10(15-13(9)17)3-2-4-11(12)16-7-5-14-6-8-16;1-13(2,3)18-12(15)10-14(4)19(16,17)11-8-6-5-7-9-11;/h1-4,14H,5-8H2,(H,15,17);5-6,8-9H,10H2,1-4H3;/q2*-1;. The van der Waals surface area contributed by atoms with Gasteiger partial charge in [-0.2, -0.15) is 34.6 Å². The number of esters is 1. The molecule has 2 aromatic rings. The van der Waals surface area contributed by atoms with Crippen LogP contribution >= 0.6 is 0 Å². The minimum absolute atomic E-state index is 0. The fourth-order valence-corrected chi connectivity index (χ4v) is 4.86. The predicted octanol–water partition coefficient (Wildman–Crippen LogP) is 2.31. The molecule has 2 N–H and O–H groups in total. The average Bonchev–Trinajstić information content (AvgIpc) is 3.13. The molecular weight excluding hydrogens is 649 g/mol. The van der Waals surface area contributed by atoms with Crippen LogP contribution in [0.5, 0.6) is 0 Å². The molecule has 2 aromatic carbocycles. The van der Waals surface area contributed by atoms with Gasteiger partial charge in [-0.3, -0.25) is 4.79 Å². The number of nitrogens with one attached hydrogen (secondary N) is 2. The number of amides is 1. The zero-order chi connectivity index (χ0) is 26.5. The molecule has 0 bridgehead atoms. The van der Waals surface area contributed by atoms with Gasteiger partial charge in [0, 0.05) is 70.1 Å². The topological polar surface area (TPSA) is 108 Å². The third-order valence-electron chi connectivity index (χ3n) is 5.42. The van der Waals surface area contributed by atoms with E-state index >= 15 is 0 Å². The van der Waals surface area contributed by atoms with Crippen molar-refractivity contribution >= 4 is 38.8 Å². The van der Waals surface area contributed by atoms with Gasteiger partial charge in [0.1, 0.15) is 18.1 Å². The second kappa shape index (κ2) is 13.2. The van der Waals surface area contributed by atoms with Gasteiger partial charge in [-0.05, 0) is 37.0 Å². The maximum Gasteiger partial charge on any atom is 0.321 e. The van der Waals surface area contributed by atoms with Crippen molar-refractivity contribution in [1.82, 2.24) is 9.62 Å². The fourth-order valence-electron chi connectivity index (χ4n) is 3.76. The monoisotopic (exact) mass is 681 g/mol. The molecule has 1 fully saturated rings. The minimum atomic E-state index is -3.69. The second-order valence-corrected chi connectivity index (χ2v) is 11.4. The molecule has 1 amide bonds. The van der Waals surface area contributed by atoms with Crippen molar-refractivity contribution in [3.63, 3.8) is 0 Å². The minimum Gasteiger partial charge on any atom is -0.459 e. The van der Waals surface area contributed by atoms with Gasteiger partial charge < -0.3 is 25.1 Å². The van der Waals surface area contributed by atoms with Crippen LogP contribution in [0.4, 0.5) is 11.4 Å². The quantitative estimate of drug-likeness (QED) is 0.284. The van der Waals surface area contributed by atoms with Gasteiger partial charge in [0.05, 0.1) is 0 Å². The van der Waals surface area contributed by atoms with Crippen molar-refractivity contribution in [3.8, 4) is 0 Å². The molecule has 1 saturated heterocycles. The number of nitrogens with zero attached hydrogens (tertiary/aromatic N) is 2. The van der Waals surface area contributed by atoms with Gasteiger partial charge in [0.2, 0.25) is 0 Å². The normalized spacial score (nSPS) is 15.2. The zero-order valence-electron chi connectivity index (χ0n) is 21.3. The van der Waals surface area contributed by atoms with E-state index in [1.165, 1.54) is 19.2 Å². The maximum absolute atomic E-state index is 12.1. The van der Waals surface area contributed by atoms with Crippen molar-refractivity contribution in [1.29, 1.82) is 0 Å². The third kappa shape index (κ3) is 8.25. The summed E-state index contributed by atoms with van der Waals surface area (Å²) in [6.45, 7) is 14.5. The van der Waals surface area contributed by atoms with Crippen LogP contribution in [0.3, 0.4) is 0 Å². The van der Waals surface area contributed by atoms with Crippen LogP contribution in [0, 0.1) is 49.5 Å². The molecule has 0 atom stereocenters. The number of sulfonamides is 1. The molecule has 207 valence electrons. The summed E-state index contributed by atoms with van der Waals surface area (Å²) >= 11 is 0. The van der Waals surface area contributed by atoms with Gasteiger partial charge >= 0.3 is 5.97 Å². The van der Waals surface area contributed by atoms with E-state index in [-0.39, 0.29) is 54.2 Å². The van der Waals surface area contributed by atoms with E-state index < -0.39 is 21.6 Å². The number of carbonyl (C=O) groups excluding carboxylic acids is 2. The Morgan fingerprint density at radius 3 is 2.46 bits per heavy atom. The van der Waals surface area contributed by atoms with Crippen LogP contribution in [0.25, 0.3) is 5.57 Å².